The molecular formula is C11H10BrF3O. The van der Waals surface area contributed by atoms with E-state index < -0.39 is 17.5 Å². The molecule has 0 aliphatic carbocycles. The molecule has 0 radical (unpaired) electrons. The van der Waals surface area contributed by atoms with Crippen molar-refractivity contribution in [2.24, 2.45) is 0 Å². The summed E-state index contributed by atoms with van der Waals surface area (Å²) in [5.41, 5.74) is -0.601. The highest BCUT2D eigenvalue weighted by Crippen LogP contribution is 2.33. The maximum Gasteiger partial charge on any atom is 0.417 e. The fourth-order valence-electron chi connectivity index (χ4n) is 1.34. The molecule has 0 N–H and O–H groups in total. The van der Waals surface area contributed by atoms with E-state index in [1.54, 1.807) is 6.92 Å². The van der Waals surface area contributed by atoms with Crippen LogP contribution in [-0.4, -0.2) is 5.78 Å². The van der Waals surface area contributed by atoms with Gasteiger partial charge in [0, 0.05) is 17.3 Å². The molecule has 1 aromatic carbocycles. The summed E-state index contributed by atoms with van der Waals surface area (Å²) in [5, 5.41) is 0.330. The first-order chi connectivity index (χ1) is 7.40. The summed E-state index contributed by atoms with van der Waals surface area (Å²) in [5.74, 6) is -0.492. The monoisotopic (exact) mass is 294 g/mol. The van der Waals surface area contributed by atoms with Crippen molar-refractivity contribution in [3.8, 4) is 0 Å². The van der Waals surface area contributed by atoms with E-state index in [4.69, 9.17) is 0 Å². The van der Waals surface area contributed by atoms with Gasteiger partial charge in [0.05, 0.1) is 5.56 Å². The summed E-state index contributed by atoms with van der Waals surface area (Å²) in [4.78, 5) is 11.4. The highest BCUT2D eigenvalue weighted by atomic mass is 79.9. The second kappa shape index (κ2) is 4.99. The zero-order valence-electron chi connectivity index (χ0n) is 8.57. The van der Waals surface area contributed by atoms with Crippen molar-refractivity contribution >= 4 is 21.7 Å². The minimum atomic E-state index is -4.49. The van der Waals surface area contributed by atoms with Crippen LogP contribution in [0.25, 0.3) is 0 Å². The molecule has 0 aliphatic heterocycles. The zero-order chi connectivity index (χ0) is 12.3. The van der Waals surface area contributed by atoms with Gasteiger partial charge in [-0.15, -0.1) is 0 Å². The first-order valence-electron chi connectivity index (χ1n) is 4.69. The first-order valence-corrected chi connectivity index (χ1v) is 5.81. The molecule has 0 unspecified atom stereocenters. The standard InChI is InChI=1S/C11H10BrF3O/c1-2-10(16)8-4-3-7(6-12)5-9(8)11(13,14)15/h3-5H,2,6H2,1H3. The van der Waals surface area contributed by atoms with Gasteiger partial charge in [-0.1, -0.05) is 35.0 Å². The predicted molar refractivity (Wildman–Crippen MR) is 58.7 cm³/mol. The van der Waals surface area contributed by atoms with Crippen LogP contribution in [0.2, 0.25) is 0 Å². The third-order valence-corrected chi connectivity index (χ3v) is 2.81. The molecule has 16 heavy (non-hydrogen) atoms. The highest BCUT2D eigenvalue weighted by Gasteiger charge is 2.34. The Labute approximate surface area is 99.8 Å². The van der Waals surface area contributed by atoms with Crippen LogP contribution in [-0.2, 0) is 11.5 Å². The molecule has 0 spiro atoms. The van der Waals surface area contributed by atoms with Crippen molar-refractivity contribution in [1.82, 2.24) is 0 Å². The minimum absolute atomic E-state index is 0.0662. The second-order valence-electron chi connectivity index (χ2n) is 3.29. The Balaban J connectivity index is 3.33. The molecule has 0 amide bonds. The van der Waals surface area contributed by atoms with Gasteiger partial charge in [0.15, 0.2) is 5.78 Å². The van der Waals surface area contributed by atoms with Gasteiger partial charge in [-0.3, -0.25) is 4.79 Å². The molecular weight excluding hydrogens is 285 g/mol. The third kappa shape index (κ3) is 2.84. The van der Waals surface area contributed by atoms with Gasteiger partial charge in [0.25, 0.3) is 0 Å². The van der Waals surface area contributed by atoms with Crippen molar-refractivity contribution in [1.29, 1.82) is 0 Å². The average Bonchev–Trinajstić information content (AvgIpc) is 2.26. The average molecular weight is 295 g/mol. The lowest BCUT2D eigenvalue weighted by atomic mass is 9.99. The summed E-state index contributed by atoms with van der Waals surface area (Å²) in [6, 6.07) is 3.77. The van der Waals surface area contributed by atoms with Crippen LogP contribution in [0, 0.1) is 0 Å². The molecule has 88 valence electrons. The van der Waals surface area contributed by atoms with E-state index in [1.165, 1.54) is 12.1 Å². The van der Waals surface area contributed by atoms with Gasteiger partial charge in [0.1, 0.15) is 0 Å². The molecule has 1 aromatic rings. The maximum absolute atomic E-state index is 12.7. The van der Waals surface area contributed by atoms with Gasteiger partial charge in [-0.25, -0.2) is 0 Å². The highest BCUT2D eigenvalue weighted by molar-refractivity contribution is 9.08. The number of hydrogen-bond donors (Lipinski definition) is 0. The van der Waals surface area contributed by atoms with Gasteiger partial charge in [-0.05, 0) is 11.6 Å². The van der Waals surface area contributed by atoms with Crippen LogP contribution >= 0.6 is 15.9 Å². The van der Waals surface area contributed by atoms with E-state index in [0.717, 1.165) is 6.07 Å². The van der Waals surface area contributed by atoms with Crippen LogP contribution in [0.3, 0.4) is 0 Å². The molecule has 0 bridgehead atoms. The van der Waals surface area contributed by atoms with E-state index in [9.17, 15) is 18.0 Å². The third-order valence-electron chi connectivity index (χ3n) is 2.17. The number of ketones is 1. The van der Waals surface area contributed by atoms with Gasteiger partial charge in [0.2, 0.25) is 0 Å². The van der Waals surface area contributed by atoms with Crippen molar-refractivity contribution in [3.63, 3.8) is 0 Å². The fraction of sp³-hybridized carbons (Fsp3) is 0.364. The smallest absolute Gasteiger partial charge is 0.294 e. The minimum Gasteiger partial charge on any atom is -0.294 e. The van der Waals surface area contributed by atoms with E-state index >= 15 is 0 Å². The summed E-state index contributed by atoms with van der Waals surface area (Å²) in [7, 11) is 0. The molecule has 0 aliphatic rings. The molecule has 1 nitrogen and oxygen atoms in total. The molecule has 0 heterocycles. The van der Waals surface area contributed by atoms with Crippen molar-refractivity contribution in [2.45, 2.75) is 24.9 Å². The molecule has 1 rings (SSSR count). The van der Waals surface area contributed by atoms with Crippen molar-refractivity contribution in [3.05, 3.63) is 34.9 Å². The molecule has 5 heteroatoms. The zero-order valence-corrected chi connectivity index (χ0v) is 10.2. The van der Waals surface area contributed by atoms with Crippen molar-refractivity contribution in [2.75, 3.05) is 0 Å². The van der Waals surface area contributed by atoms with Crippen LogP contribution in [0.1, 0.15) is 34.8 Å². The summed E-state index contributed by atoms with van der Waals surface area (Å²) >= 11 is 3.08. The molecule has 0 saturated carbocycles. The Morgan fingerprint density at radius 3 is 2.44 bits per heavy atom. The second-order valence-corrected chi connectivity index (χ2v) is 3.85. The van der Waals surface area contributed by atoms with Gasteiger partial charge in [-0.2, -0.15) is 13.2 Å². The topological polar surface area (TPSA) is 17.1 Å². The lowest BCUT2D eigenvalue weighted by Crippen LogP contribution is -2.13. The Bertz CT molecular complexity index is 399. The number of Topliss-reactive ketones (excluding diaryl/α,β-unsaturated/α-hetero) is 1. The van der Waals surface area contributed by atoms with E-state index in [2.05, 4.69) is 15.9 Å². The number of carbonyl (C=O) groups is 1. The summed E-state index contributed by atoms with van der Waals surface area (Å²) in [6.45, 7) is 1.54. The number of rotatable bonds is 3. The molecule has 0 saturated heterocycles. The van der Waals surface area contributed by atoms with Gasteiger partial charge < -0.3 is 0 Å². The Morgan fingerprint density at radius 1 is 1.38 bits per heavy atom. The van der Waals surface area contributed by atoms with E-state index in [-0.39, 0.29) is 12.0 Å². The van der Waals surface area contributed by atoms with Crippen LogP contribution in [0.4, 0.5) is 13.2 Å². The van der Waals surface area contributed by atoms with Crippen LogP contribution < -0.4 is 0 Å². The number of carbonyl (C=O) groups excluding carboxylic acids is 1. The number of hydrogen-bond acceptors (Lipinski definition) is 1. The van der Waals surface area contributed by atoms with Crippen LogP contribution in [0.15, 0.2) is 18.2 Å². The lowest BCUT2D eigenvalue weighted by molar-refractivity contribution is -0.137. The predicted octanol–water partition coefficient (Wildman–Crippen LogP) is 4.19. The summed E-state index contributed by atoms with van der Waals surface area (Å²) in [6.07, 6.45) is -4.42. The van der Waals surface area contributed by atoms with E-state index in [0.29, 0.717) is 10.9 Å². The SMILES string of the molecule is CCC(=O)c1ccc(CBr)cc1C(F)(F)F. The number of halogens is 4. The maximum atomic E-state index is 12.7. The van der Waals surface area contributed by atoms with Gasteiger partial charge >= 0.3 is 6.18 Å². The van der Waals surface area contributed by atoms with Crippen LogP contribution in [0.5, 0.6) is 0 Å². The largest absolute Gasteiger partial charge is 0.417 e. The Hall–Kier alpha value is -0.840. The number of alkyl halides is 4. The molecule has 0 atom stereocenters. The first kappa shape index (κ1) is 13.2. The quantitative estimate of drug-likeness (QED) is 0.603. The summed E-state index contributed by atoms with van der Waals surface area (Å²) < 4.78 is 38.1. The Kier molecular flexibility index (Phi) is 4.13. The fourth-order valence-corrected chi connectivity index (χ4v) is 1.69. The molecule has 0 aromatic heterocycles. The van der Waals surface area contributed by atoms with E-state index in [1.807, 2.05) is 0 Å². The Morgan fingerprint density at radius 2 is 2.00 bits per heavy atom. The normalized spacial score (nSPS) is 11.6. The van der Waals surface area contributed by atoms with Crippen molar-refractivity contribution < 1.29 is 18.0 Å². The number of benzene rings is 1. The lowest BCUT2D eigenvalue weighted by Gasteiger charge is -2.12. The molecule has 0 fully saturated rings.